The molecule has 2 aliphatic heterocycles. The first-order valence-corrected chi connectivity index (χ1v) is 12.7. The molecule has 2 aliphatic rings. The van der Waals surface area contributed by atoms with Crippen LogP contribution in [-0.2, 0) is 11.2 Å². The number of nitrogens with zero attached hydrogens (tertiary/aromatic N) is 1. The highest BCUT2D eigenvalue weighted by molar-refractivity contribution is 5.86. The number of phenols is 1. The molecule has 4 aromatic carbocycles. The SMILES string of the molecule is O=C1C2NNC(c3ccccc3O)C2C(c2cccc(Oc3ccccc3)c2)N1CCc1ccccc1. The second-order valence-corrected chi connectivity index (χ2v) is 9.58. The third kappa shape index (κ3) is 4.57. The maximum absolute atomic E-state index is 13.8. The first-order valence-electron chi connectivity index (χ1n) is 12.7. The molecule has 37 heavy (non-hydrogen) atoms. The van der Waals surface area contributed by atoms with E-state index in [-0.39, 0.29) is 29.7 Å². The van der Waals surface area contributed by atoms with Gasteiger partial charge in [-0.25, -0.2) is 10.9 Å². The summed E-state index contributed by atoms with van der Waals surface area (Å²) in [5.74, 6) is 1.64. The lowest BCUT2D eigenvalue weighted by Gasteiger charge is -2.31. The third-order valence-corrected chi connectivity index (χ3v) is 7.35. The van der Waals surface area contributed by atoms with Crippen molar-refractivity contribution in [2.24, 2.45) is 5.92 Å². The minimum atomic E-state index is -0.399. The highest BCUT2D eigenvalue weighted by atomic mass is 16.5. The molecular weight excluding hydrogens is 462 g/mol. The molecule has 0 spiro atoms. The summed E-state index contributed by atoms with van der Waals surface area (Å²) in [5.41, 5.74) is 9.53. The smallest absolute Gasteiger partial charge is 0.242 e. The van der Waals surface area contributed by atoms with Crippen molar-refractivity contribution in [3.63, 3.8) is 0 Å². The van der Waals surface area contributed by atoms with Gasteiger partial charge in [-0.05, 0) is 47.9 Å². The van der Waals surface area contributed by atoms with Crippen molar-refractivity contribution >= 4 is 5.91 Å². The van der Waals surface area contributed by atoms with Crippen LogP contribution >= 0.6 is 0 Å². The fraction of sp³-hybridized carbons (Fsp3) is 0.194. The van der Waals surface area contributed by atoms with Gasteiger partial charge < -0.3 is 14.7 Å². The standard InChI is InChI=1S/C31H29N3O3/c35-26-17-8-7-16-25(26)28-27-29(33-32-28)31(36)34(19-18-21-10-3-1-4-11-21)30(27)22-12-9-15-24(20-22)37-23-13-5-2-6-14-23/h1-17,20,27-30,32-33,35H,18-19H2. The third-order valence-electron chi connectivity index (χ3n) is 7.35. The molecule has 0 bridgehead atoms. The van der Waals surface area contributed by atoms with E-state index in [4.69, 9.17) is 4.74 Å². The summed E-state index contributed by atoms with van der Waals surface area (Å²) >= 11 is 0. The van der Waals surface area contributed by atoms with Gasteiger partial charge in [0.1, 0.15) is 23.3 Å². The van der Waals surface area contributed by atoms with Gasteiger partial charge in [-0.2, -0.15) is 0 Å². The summed E-state index contributed by atoms with van der Waals surface area (Å²) in [6, 6.07) is 34.4. The van der Waals surface area contributed by atoms with E-state index in [1.807, 2.05) is 89.8 Å². The predicted molar refractivity (Wildman–Crippen MR) is 142 cm³/mol. The number of para-hydroxylation sites is 2. The number of carbonyl (C=O) groups is 1. The maximum atomic E-state index is 13.8. The topological polar surface area (TPSA) is 73.8 Å². The van der Waals surface area contributed by atoms with Crippen LogP contribution in [0.1, 0.15) is 28.8 Å². The van der Waals surface area contributed by atoms with Crippen molar-refractivity contribution in [3.05, 3.63) is 126 Å². The summed E-state index contributed by atoms with van der Waals surface area (Å²) < 4.78 is 6.14. The molecular formula is C31H29N3O3. The summed E-state index contributed by atoms with van der Waals surface area (Å²) in [5, 5.41) is 10.7. The van der Waals surface area contributed by atoms with Crippen molar-refractivity contribution in [2.45, 2.75) is 24.5 Å². The Morgan fingerprint density at radius 1 is 0.757 bits per heavy atom. The van der Waals surface area contributed by atoms with Crippen LogP contribution < -0.4 is 15.6 Å². The molecule has 4 unspecified atom stereocenters. The van der Waals surface area contributed by atoms with Crippen LogP contribution in [0.3, 0.4) is 0 Å². The number of rotatable bonds is 7. The van der Waals surface area contributed by atoms with Gasteiger partial charge in [-0.3, -0.25) is 4.79 Å². The van der Waals surface area contributed by atoms with E-state index in [0.717, 1.165) is 29.0 Å². The summed E-state index contributed by atoms with van der Waals surface area (Å²) in [7, 11) is 0. The van der Waals surface area contributed by atoms with Crippen LogP contribution in [0.2, 0.25) is 0 Å². The average Bonchev–Trinajstić information content (AvgIpc) is 3.47. The predicted octanol–water partition coefficient (Wildman–Crippen LogP) is 5.14. The van der Waals surface area contributed by atoms with Crippen molar-refractivity contribution in [2.75, 3.05) is 6.54 Å². The zero-order valence-electron chi connectivity index (χ0n) is 20.3. The van der Waals surface area contributed by atoms with E-state index >= 15 is 0 Å². The molecule has 0 aromatic heterocycles. The summed E-state index contributed by atoms with van der Waals surface area (Å²) in [4.78, 5) is 15.8. The molecule has 6 rings (SSSR count). The largest absolute Gasteiger partial charge is 0.508 e. The number of fused-ring (bicyclic) bond motifs is 1. The Labute approximate surface area is 216 Å². The lowest BCUT2D eigenvalue weighted by Crippen LogP contribution is -2.42. The number of amides is 1. The number of hydrazine groups is 1. The fourth-order valence-corrected chi connectivity index (χ4v) is 5.65. The van der Waals surface area contributed by atoms with Crippen LogP contribution in [0.15, 0.2) is 109 Å². The number of nitrogens with one attached hydrogen (secondary N) is 2. The Kier molecular flexibility index (Phi) is 6.35. The number of likely N-dealkylation sites (tertiary alicyclic amines) is 1. The quantitative estimate of drug-likeness (QED) is 0.334. The lowest BCUT2D eigenvalue weighted by atomic mass is 9.83. The maximum Gasteiger partial charge on any atom is 0.242 e. The van der Waals surface area contributed by atoms with E-state index in [1.54, 1.807) is 6.07 Å². The zero-order valence-corrected chi connectivity index (χ0v) is 20.3. The van der Waals surface area contributed by atoms with Crippen LogP contribution in [0, 0.1) is 5.92 Å². The van der Waals surface area contributed by atoms with Crippen LogP contribution in [-0.4, -0.2) is 28.5 Å². The van der Waals surface area contributed by atoms with Gasteiger partial charge in [-0.1, -0.05) is 78.9 Å². The Morgan fingerprint density at radius 2 is 1.43 bits per heavy atom. The molecule has 6 nitrogen and oxygen atoms in total. The van der Waals surface area contributed by atoms with Crippen LogP contribution in [0.4, 0.5) is 0 Å². The molecule has 4 aromatic rings. The second-order valence-electron chi connectivity index (χ2n) is 9.58. The Balaban J connectivity index is 1.37. The van der Waals surface area contributed by atoms with Crippen LogP contribution in [0.5, 0.6) is 17.2 Å². The molecule has 0 aliphatic carbocycles. The van der Waals surface area contributed by atoms with Gasteiger partial charge in [0, 0.05) is 18.0 Å². The van der Waals surface area contributed by atoms with Gasteiger partial charge in [0.15, 0.2) is 0 Å². The number of phenolic OH excluding ortho intramolecular Hbond substituents is 1. The van der Waals surface area contributed by atoms with E-state index in [2.05, 4.69) is 29.1 Å². The molecule has 6 heteroatoms. The Hall–Kier alpha value is -4.13. The second kappa shape index (κ2) is 10.1. The molecule has 0 radical (unpaired) electrons. The molecule has 2 fully saturated rings. The van der Waals surface area contributed by atoms with Gasteiger partial charge >= 0.3 is 0 Å². The van der Waals surface area contributed by atoms with E-state index in [1.165, 1.54) is 5.56 Å². The number of benzene rings is 4. The normalized spacial score (nSPS) is 22.7. The van der Waals surface area contributed by atoms with Gasteiger partial charge in [0.2, 0.25) is 5.91 Å². The number of aromatic hydroxyl groups is 1. The highest BCUT2D eigenvalue weighted by Gasteiger charge is 2.55. The molecule has 4 atom stereocenters. The number of carbonyl (C=O) groups excluding carboxylic acids is 1. The van der Waals surface area contributed by atoms with Crippen molar-refractivity contribution in [1.29, 1.82) is 0 Å². The summed E-state index contributed by atoms with van der Waals surface area (Å²) in [6.45, 7) is 0.597. The number of ether oxygens (including phenoxy) is 1. The zero-order chi connectivity index (χ0) is 25.2. The molecule has 186 valence electrons. The minimum Gasteiger partial charge on any atom is -0.508 e. The molecule has 1 amide bonds. The van der Waals surface area contributed by atoms with Crippen molar-refractivity contribution < 1.29 is 14.6 Å². The van der Waals surface area contributed by atoms with Gasteiger partial charge in [-0.15, -0.1) is 0 Å². The minimum absolute atomic E-state index is 0.0609. The molecule has 2 saturated heterocycles. The average molecular weight is 492 g/mol. The molecule has 2 heterocycles. The van der Waals surface area contributed by atoms with E-state index in [9.17, 15) is 9.90 Å². The van der Waals surface area contributed by atoms with Crippen LogP contribution in [0.25, 0.3) is 0 Å². The number of hydrogen-bond donors (Lipinski definition) is 3. The Morgan fingerprint density at radius 3 is 2.22 bits per heavy atom. The first kappa shape index (κ1) is 23.3. The highest BCUT2D eigenvalue weighted by Crippen LogP contribution is 2.49. The van der Waals surface area contributed by atoms with Gasteiger partial charge in [0.25, 0.3) is 0 Å². The molecule has 0 saturated carbocycles. The van der Waals surface area contributed by atoms with Gasteiger partial charge in [0.05, 0.1) is 12.1 Å². The van der Waals surface area contributed by atoms with Crippen molar-refractivity contribution in [3.8, 4) is 17.2 Å². The van der Waals surface area contributed by atoms with Crippen molar-refractivity contribution in [1.82, 2.24) is 15.8 Å². The monoisotopic (exact) mass is 491 g/mol. The van der Waals surface area contributed by atoms with E-state index in [0.29, 0.717) is 6.54 Å². The Bertz CT molecular complexity index is 1380. The lowest BCUT2D eigenvalue weighted by molar-refractivity contribution is -0.130. The number of hydrogen-bond acceptors (Lipinski definition) is 5. The van der Waals surface area contributed by atoms with E-state index < -0.39 is 6.04 Å². The first-order chi connectivity index (χ1) is 18.2. The fourth-order valence-electron chi connectivity index (χ4n) is 5.65. The summed E-state index contributed by atoms with van der Waals surface area (Å²) in [6.07, 6.45) is 0.761. The molecule has 3 N–H and O–H groups in total.